The van der Waals surface area contributed by atoms with Crippen LogP contribution in [0.3, 0.4) is 0 Å². The fraction of sp³-hybridized carbons (Fsp3) is 0.333. The van der Waals surface area contributed by atoms with E-state index in [2.05, 4.69) is 69.4 Å². The summed E-state index contributed by atoms with van der Waals surface area (Å²) in [5.74, 6) is 1.09. The van der Waals surface area contributed by atoms with Crippen LogP contribution in [0.2, 0.25) is 5.02 Å². The third kappa shape index (κ3) is 8.83. The monoisotopic (exact) mass is 730 g/mol. The van der Waals surface area contributed by atoms with E-state index in [4.69, 9.17) is 11.6 Å². The van der Waals surface area contributed by atoms with E-state index in [-0.39, 0.29) is 11.8 Å². The second kappa shape index (κ2) is 15.7. The zero-order valence-corrected chi connectivity index (χ0v) is 31.5. The zero-order chi connectivity index (χ0) is 37.1. The molecule has 2 aromatic carbocycles. The molecule has 2 aliphatic carbocycles. The number of carbonyl (C=O) groups excluding carboxylic acids is 2. The second-order valence-electron chi connectivity index (χ2n) is 14.9. The zero-order valence-electron chi connectivity index (χ0n) is 30.7. The van der Waals surface area contributed by atoms with Crippen LogP contribution in [0.25, 0.3) is 33.8 Å². The van der Waals surface area contributed by atoms with Crippen molar-refractivity contribution in [3.63, 3.8) is 0 Å². The third-order valence-electron chi connectivity index (χ3n) is 9.22. The number of anilines is 2. The minimum atomic E-state index is -0.00888. The fourth-order valence-corrected chi connectivity index (χ4v) is 6.17. The van der Waals surface area contributed by atoms with E-state index in [1.54, 1.807) is 0 Å². The van der Waals surface area contributed by atoms with Gasteiger partial charge in [0.15, 0.2) is 11.3 Å². The molecule has 4 heterocycles. The maximum absolute atomic E-state index is 12.2. The molecule has 0 atom stereocenters. The quantitative estimate of drug-likeness (QED) is 0.100. The van der Waals surface area contributed by atoms with E-state index in [0.29, 0.717) is 40.1 Å². The highest BCUT2D eigenvalue weighted by molar-refractivity contribution is 6.31. The van der Waals surface area contributed by atoms with Crippen molar-refractivity contribution >= 4 is 46.1 Å². The number of aromatic nitrogens is 4. The summed E-state index contributed by atoms with van der Waals surface area (Å²) in [4.78, 5) is 33.5. The van der Waals surface area contributed by atoms with Gasteiger partial charge < -0.3 is 21.3 Å². The Morgan fingerprint density at radius 2 is 1.17 bits per heavy atom. The fourth-order valence-electron chi connectivity index (χ4n) is 5.97. The van der Waals surface area contributed by atoms with Crippen LogP contribution < -0.4 is 21.3 Å². The average Bonchev–Trinajstić information content (AvgIpc) is 4.07. The van der Waals surface area contributed by atoms with Gasteiger partial charge in [-0.2, -0.15) is 0 Å². The summed E-state index contributed by atoms with van der Waals surface area (Å²) >= 11 is 6.34. The largest absolute Gasteiger partial charge is 0.382 e. The maximum Gasteiger partial charge on any atom is 0.251 e. The van der Waals surface area contributed by atoms with Gasteiger partial charge in [-0.25, -0.2) is 9.97 Å². The van der Waals surface area contributed by atoms with Crippen molar-refractivity contribution in [3.8, 4) is 22.5 Å². The van der Waals surface area contributed by atoms with Gasteiger partial charge in [-0.05, 0) is 80.0 Å². The number of fused-ring (bicyclic) bond motifs is 2. The summed E-state index contributed by atoms with van der Waals surface area (Å²) in [7, 11) is 0. The van der Waals surface area contributed by atoms with Crippen LogP contribution in [-0.4, -0.2) is 55.8 Å². The molecule has 4 aromatic heterocycles. The van der Waals surface area contributed by atoms with Gasteiger partial charge in [-0.1, -0.05) is 63.6 Å². The molecule has 6 aromatic rings. The van der Waals surface area contributed by atoms with Gasteiger partial charge in [0.25, 0.3) is 11.8 Å². The summed E-state index contributed by atoms with van der Waals surface area (Å²) in [5, 5.41) is 13.6. The number of amides is 2. The van der Waals surface area contributed by atoms with Crippen molar-refractivity contribution in [3.05, 3.63) is 108 Å². The van der Waals surface area contributed by atoms with Crippen molar-refractivity contribution < 1.29 is 9.59 Å². The molecule has 0 radical (unpaired) electrons. The lowest BCUT2D eigenvalue weighted by atomic mass is 10.1. The van der Waals surface area contributed by atoms with Gasteiger partial charge in [-0.3, -0.25) is 18.4 Å². The summed E-state index contributed by atoms with van der Waals surface area (Å²) < 4.78 is 4.08. The molecule has 0 unspecified atom stereocenters. The Morgan fingerprint density at radius 3 is 1.66 bits per heavy atom. The first-order valence-electron chi connectivity index (χ1n) is 18.6. The smallest absolute Gasteiger partial charge is 0.251 e. The number of hydrogen-bond acceptors (Lipinski definition) is 6. The lowest BCUT2D eigenvalue weighted by molar-refractivity contribution is 0.0942. The number of benzene rings is 2. The Kier molecular flexibility index (Phi) is 10.7. The van der Waals surface area contributed by atoms with Crippen LogP contribution in [-0.2, 0) is 0 Å². The number of hydrogen-bond donors (Lipinski definition) is 4. The Hall–Kier alpha value is -5.35. The van der Waals surface area contributed by atoms with Gasteiger partial charge in [0.1, 0.15) is 0 Å². The average molecular weight is 731 g/mol. The van der Waals surface area contributed by atoms with Gasteiger partial charge in [0.2, 0.25) is 0 Å². The lowest BCUT2D eigenvalue weighted by Gasteiger charge is -2.11. The normalized spacial score (nSPS) is 13.9. The molecular weight excluding hydrogens is 684 g/mol. The van der Waals surface area contributed by atoms with Crippen LogP contribution in [0.5, 0.6) is 0 Å². The molecular formula is C42H47ClN8O2. The number of halogens is 1. The summed E-state index contributed by atoms with van der Waals surface area (Å²) in [5.41, 5.74) is 9.08. The number of carbonyl (C=O) groups is 2. The molecule has 0 saturated heterocycles. The highest BCUT2D eigenvalue weighted by atomic mass is 35.5. The molecule has 8 rings (SSSR count). The number of rotatable bonds is 12. The topological polar surface area (TPSA) is 117 Å². The van der Waals surface area contributed by atoms with E-state index >= 15 is 0 Å². The summed E-state index contributed by atoms with van der Waals surface area (Å²) in [6.45, 7) is 10.4. The minimum absolute atomic E-state index is 0.00888. The van der Waals surface area contributed by atoms with Crippen LogP contribution in [0.15, 0.2) is 91.5 Å². The van der Waals surface area contributed by atoms with Crippen LogP contribution >= 0.6 is 11.6 Å². The van der Waals surface area contributed by atoms with Gasteiger partial charge in [0, 0.05) is 59.8 Å². The Labute approximate surface area is 315 Å². The summed E-state index contributed by atoms with van der Waals surface area (Å²) in [6.07, 6.45) is 12.0. The molecule has 2 fully saturated rings. The summed E-state index contributed by atoms with van der Waals surface area (Å²) in [6, 6.07) is 22.1. The number of nitrogens with one attached hydrogen (secondary N) is 4. The second-order valence-corrected chi connectivity index (χ2v) is 15.3. The van der Waals surface area contributed by atoms with Gasteiger partial charge >= 0.3 is 0 Å². The van der Waals surface area contributed by atoms with Crippen molar-refractivity contribution in [1.82, 2.24) is 29.4 Å². The third-order valence-corrected chi connectivity index (χ3v) is 9.43. The maximum atomic E-state index is 12.2. The number of nitrogens with zero attached hydrogens (tertiary/aromatic N) is 4. The molecule has 0 bridgehead atoms. The van der Waals surface area contributed by atoms with E-state index in [9.17, 15) is 9.59 Å². The van der Waals surface area contributed by atoms with Crippen molar-refractivity contribution in [1.29, 1.82) is 0 Å². The molecule has 274 valence electrons. The van der Waals surface area contributed by atoms with Crippen molar-refractivity contribution in [2.45, 2.75) is 65.5 Å². The molecule has 0 spiro atoms. The Bertz CT molecular complexity index is 2210. The molecule has 53 heavy (non-hydrogen) atoms. The lowest BCUT2D eigenvalue weighted by Crippen LogP contribution is -2.25. The van der Waals surface area contributed by atoms with Crippen LogP contribution in [0.4, 0.5) is 11.4 Å². The predicted molar refractivity (Wildman–Crippen MR) is 214 cm³/mol. The Morgan fingerprint density at radius 1 is 0.698 bits per heavy atom. The Balaban J connectivity index is 0.000000164. The predicted octanol–water partition coefficient (Wildman–Crippen LogP) is 8.58. The molecule has 10 nitrogen and oxygen atoms in total. The molecule has 4 N–H and O–H groups in total. The number of pyridine rings is 2. The minimum Gasteiger partial charge on any atom is -0.382 e. The van der Waals surface area contributed by atoms with E-state index < -0.39 is 0 Å². The highest BCUT2D eigenvalue weighted by Crippen LogP contribution is 2.29. The first-order chi connectivity index (χ1) is 25.6. The molecule has 2 aliphatic rings. The van der Waals surface area contributed by atoms with Crippen LogP contribution in [0.1, 0.15) is 74.1 Å². The van der Waals surface area contributed by atoms with Gasteiger partial charge in [0.05, 0.1) is 40.2 Å². The van der Waals surface area contributed by atoms with Crippen LogP contribution in [0, 0.1) is 11.8 Å². The standard InChI is InChI=1S/C21H23ClN4O.C21H24N4O/c1-13(2)10-23-18-9-16(22)12-26-19(11-24-20(18)26)14-3-5-15(6-4-14)21(27)25-17-7-8-17;1-14(2)12-22-18-4-3-11-25-19(13-23-20(18)25)15-5-7-16(8-6-15)21(26)24-17-9-10-17/h3-6,9,11-13,17,23H,7-8,10H2,1-2H3,(H,25,27);3-8,11,13-14,17,22H,9-10,12H2,1-2H3,(H,24,26). The molecule has 2 saturated carbocycles. The van der Waals surface area contributed by atoms with Crippen molar-refractivity contribution in [2.24, 2.45) is 11.8 Å². The first kappa shape index (κ1) is 36.0. The highest BCUT2D eigenvalue weighted by Gasteiger charge is 2.25. The molecule has 0 aliphatic heterocycles. The van der Waals surface area contributed by atoms with Gasteiger partial charge in [-0.15, -0.1) is 0 Å². The number of imidazole rings is 2. The van der Waals surface area contributed by atoms with E-state index in [1.807, 2.05) is 89.9 Å². The molecule has 11 heteroatoms. The molecule has 2 amide bonds. The van der Waals surface area contributed by atoms with E-state index in [0.717, 1.165) is 84.0 Å². The first-order valence-corrected chi connectivity index (χ1v) is 18.9. The SMILES string of the molecule is CC(C)CNc1cc(Cl)cn2c(-c3ccc(C(=O)NC4CC4)cc3)cnc12.CC(C)CNc1cccn2c(-c3ccc(C(=O)NC4CC4)cc3)cnc12. The van der Waals surface area contributed by atoms with Crippen molar-refractivity contribution in [2.75, 3.05) is 23.7 Å². The van der Waals surface area contributed by atoms with E-state index in [1.165, 1.54) is 0 Å².